The fraction of sp³-hybridized carbons (Fsp3) is 0.167. The molecule has 0 fully saturated rings. The summed E-state index contributed by atoms with van der Waals surface area (Å²) >= 11 is 3.28. The van der Waals surface area contributed by atoms with Gasteiger partial charge in [-0.3, -0.25) is 0 Å². The lowest BCUT2D eigenvalue weighted by molar-refractivity contribution is 1.11. The molecule has 0 aliphatic rings. The Balaban J connectivity index is 2.54. The van der Waals surface area contributed by atoms with Crippen LogP contribution in [0.5, 0.6) is 0 Å². The van der Waals surface area contributed by atoms with Crippen LogP contribution in [0.25, 0.3) is 11.3 Å². The van der Waals surface area contributed by atoms with Gasteiger partial charge in [0.1, 0.15) is 0 Å². The molecule has 0 radical (unpaired) electrons. The average Bonchev–Trinajstić information content (AvgIpc) is 2.17. The van der Waals surface area contributed by atoms with Gasteiger partial charge in [0.25, 0.3) is 0 Å². The topological polar surface area (TPSA) is 25.8 Å². The Hall–Kier alpha value is -1.22. The predicted octanol–water partition coefficient (Wildman–Crippen LogP) is 3.52. The van der Waals surface area contributed by atoms with E-state index in [-0.39, 0.29) is 0 Å². The number of rotatable bonds is 1. The largest absolute Gasteiger partial charge is 0.231 e. The first-order chi connectivity index (χ1) is 7.16. The molecule has 0 atom stereocenters. The second-order valence-corrected chi connectivity index (χ2v) is 4.24. The molecule has 15 heavy (non-hydrogen) atoms. The van der Waals surface area contributed by atoms with Crippen LogP contribution in [0, 0.1) is 13.8 Å². The van der Waals surface area contributed by atoms with Gasteiger partial charge >= 0.3 is 0 Å². The highest BCUT2D eigenvalue weighted by Gasteiger charge is 2.03. The molecule has 1 aromatic heterocycles. The summed E-state index contributed by atoms with van der Waals surface area (Å²) in [5.74, 6) is 0. The van der Waals surface area contributed by atoms with E-state index in [2.05, 4.69) is 57.9 Å². The maximum atomic E-state index is 4.34. The normalized spacial score (nSPS) is 10.3. The monoisotopic (exact) mass is 262 g/mol. The lowest BCUT2D eigenvalue weighted by Crippen LogP contribution is -1.90. The van der Waals surface area contributed by atoms with E-state index in [0.29, 0.717) is 4.73 Å². The van der Waals surface area contributed by atoms with Gasteiger partial charge in [0.15, 0.2) is 4.73 Å². The molecule has 2 rings (SSSR count). The highest BCUT2D eigenvalue weighted by molar-refractivity contribution is 9.10. The summed E-state index contributed by atoms with van der Waals surface area (Å²) in [6.07, 6.45) is 1.76. The number of hydrogen-bond donors (Lipinski definition) is 0. The predicted molar refractivity (Wildman–Crippen MR) is 64.6 cm³/mol. The molecule has 1 heterocycles. The average molecular weight is 263 g/mol. The molecule has 76 valence electrons. The van der Waals surface area contributed by atoms with Crippen LogP contribution in [-0.4, -0.2) is 9.97 Å². The first-order valence-electron chi connectivity index (χ1n) is 4.73. The Morgan fingerprint density at radius 2 is 1.93 bits per heavy atom. The van der Waals surface area contributed by atoms with E-state index >= 15 is 0 Å². The third-order valence-electron chi connectivity index (χ3n) is 2.28. The van der Waals surface area contributed by atoms with Crippen LogP contribution in [0.15, 0.2) is 35.2 Å². The van der Waals surface area contributed by atoms with Gasteiger partial charge in [-0.25, -0.2) is 9.97 Å². The fourth-order valence-corrected chi connectivity index (χ4v) is 1.90. The van der Waals surface area contributed by atoms with Crippen LogP contribution in [0.2, 0.25) is 0 Å². The molecule has 0 aliphatic heterocycles. The summed E-state index contributed by atoms with van der Waals surface area (Å²) in [6, 6.07) is 8.27. The van der Waals surface area contributed by atoms with Crippen molar-refractivity contribution in [3.8, 4) is 11.3 Å². The van der Waals surface area contributed by atoms with E-state index in [4.69, 9.17) is 0 Å². The van der Waals surface area contributed by atoms with Gasteiger partial charge in [-0.2, -0.15) is 0 Å². The minimum Gasteiger partial charge on any atom is -0.231 e. The Morgan fingerprint density at radius 1 is 1.13 bits per heavy atom. The molecule has 2 nitrogen and oxygen atoms in total. The van der Waals surface area contributed by atoms with Crippen molar-refractivity contribution in [2.75, 3.05) is 0 Å². The second-order valence-electron chi connectivity index (χ2n) is 3.53. The van der Waals surface area contributed by atoms with Gasteiger partial charge in [-0.1, -0.05) is 23.8 Å². The molecular formula is C12H11BrN2. The van der Waals surface area contributed by atoms with Gasteiger partial charge < -0.3 is 0 Å². The van der Waals surface area contributed by atoms with Crippen LogP contribution in [0.3, 0.4) is 0 Å². The summed E-state index contributed by atoms with van der Waals surface area (Å²) in [5.41, 5.74) is 4.61. The highest BCUT2D eigenvalue weighted by Crippen LogP contribution is 2.22. The molecule has 0 saturated heterocycles. The van der Waals surface area contributed by atoms with E-state index in [1.807, 2.05) is 6.07 Å². The molecule has 0 N–H and O–H groups in total. The van der Waals surface area contributed by atoms with Crippen LogP contribution in [-0.2, 0) is 0 Å². The molecule has 0 unspecified atom stereocenters. The van der Waals surface area contributed by atoms with E-state index < -0.39 is 0 Å². The van der Waals surface area contributed by atoms with E-state index in [9.17, 15) is 0 Å². The van der Waals surface area contributed by atoms with Crippen molar-refractivity contribution in [2.45, 2.75) is 13.8 Å². The van der Waals surface area contributed by atoms with Gasteiger partial charge in [0.2, 0.25) is 0 Å². The van der Waals surface area contributed by atoms with Gasteiger partial charge in [0.05, 0.1) is 5.69 Å². The number of aromatic nitrogens is 2. The smallest absolute Gasteiger partial charge is 0.197 e. The standard InChI is InChI=1S/C12H11BrN2/c1-8-3-4-10(9(2)7-8)11-5-6-14-12(13)15-11/h3-7H,1-2H3. The zero-order valence-corrected chi connectivity index (χ0v) is 10.2. The van der Waals surface area contributed by atoms with Crippen LogP contribution >= 0.6 is 15.9 Å². The molecule has 0 saturated carbocycles. The molecule has 1 aromatic carbocycles. The third-order valence-corrected chi connectivity index (χ3v) is 2.67. The zero-order chi connectivity index (χ0) is 10.8. The van der Waals surface area contributed by atoms with Crippen LogP contribution < -0.4 is 0 Å². The Labute approximate surface area is 97.5 Å². The minimum atomic E-state index is 0.625. The summed E-state index contributed by atoms with van der Waals surface area (Å²) in [7, 11) is 0. The van der Waals surface area contributed by atoms with Crippen molar-refractivity contribution in [2.24, 2.45) is 0 Å². The maximum Gasteiger partial charge on any atom is 0.197 e. The second kappa shape index (κ2) is 4.11. The van der Waals surface area contributed by atoms with Crippen molar-refractivity contribution >= 4 is 15.9 Å². The summed E-state index contributed by atoms with van der Waals surface area (Å²) in [6.45, 7) is 4.19. The van der Waals surface area contributed by atoms with Gasteiger partial charge in [-0.05, 0) is 41.4 Å². The van der Waals surface area contributed by atoms with Gasteiger partial charge in [-0.15, -0.1) is 0 Å². The quantitative estimate of drug-likeness (QED) is 0.735. The lowest BCUT2D eigenvalue weighted by atomic mass is 10.0. The third kappa shape index (κ3) is 2.23. The lowest BCUT2D eigenvalue weighted by Gasteiger charge is -2.05. The Morgan fingerprint density at radius 3 is 2.60 bits per heavy atom. The van der Waals surface area contributed by atoms with E-state index in [1.54, 1.807) is 6.20 Å². The number of benzene rings is 1. The molecule has 0 spiro atoms. The minimum absolute atomic E-state index is 0.625. The van der Waals surface area contributed by atoms with Crippen molar-refractivity contribution < 1.29 is 0 Å². The van der Waals surface area contributed by atoms with Crippen LogP contribution in [0.1, 0.15) is 11.1 Å². The SMILES string of the molecule is Cc1ccc(-c2ccnc(Br)n2)c(C)c1. The summed E-state index contributed by atoms with van der Waals surface area (Å²) < 4.78 is 0.625. The molecule has 0 bridgehead atoms. The molecule has 0 aliphatic carbocycles. The number of halogens is 1. The number of hydrogen-bond acceptors (Lipinski definition) is 2. The Kier molecular flexibility index (Phi) is 2.82. The summed E-state index contributed by atoms with van der Waals surface area (Å²) in [5, 5.41) is 0. The maximum absolute atomic E-state index is 4.34. The molecular weight excluding hydrogens is 252 g/mol. The number of nitrogens with zero attached hydrogens (tertiary/aromatic N) is 2. The first kappa shape index (κ1) is 10.3. The van der Waals surface area contributed by atoms with E-state index in [1.165, 1.54) is 11.1 Å². The van der Waals surface area contributed by atoms with E-state index in [0.717, 1.165) is 11.3 Å². The van der Waals surface area contributed by atoms with Crippen molar-refractivity contribution in [3.63, 3.8) is 0 Å². The van der Waals surface area contributed by atoms with Crippen molar-refractivity contribution in [3.05, 3.63) is 46.3 Å². The molecule has 2 aromatic rings. The van der Waals surface area contributed by atoms with Crippen LogP contribution in [0.4, 0.5) is 0 Å². The van der Waals surface area contributed by atoms with Crippen molar-refractivity contribution in [1.82, 2.24) is 9.97 Å². The first-order valence-corrected chi connectivity index (χ1v) is 5.52. The highest BCUT2D eigenvalue weighted by atomic mass is 79.9. The Bertz CT molecular complexity index is 495. The zero-order valence-electron chi connectivity index (χ0n) is 8.66. The number of aryl methyl sites for hydroxylation is 2. The fourth-order valence-electron chi connectivity index (χ4n) is 1.59. The van der Waals surface area contributed by atoms with Gasteiger partial charge in [0, 0.05) is 11.8 Å². The molecule has 3 heteroatoms. The summed E-state index contributed by atoms with van der Waals surface area (Å²) in [4.78, 5) is 8.36. The van der Waals surface area contributed by atoms with Crippen molar-refractivity contribution in [1.29, 1.82) is 0 Å². The molecule has 0 amide bonds.